The molecule has 1 fully saturated rings. The van der Waals surface area contributed by atoms with Gasteiger partial charge in [0.05, 0.1) is 7.11 Å². The first kappa shape index (κ1) is 11.1. The highest BCUT2D eigenvalue weighted by atomic mass is 19.1. The van der Waals surface area contributed by atoms with E-state index in [0.29, 0.717) is 12.8 Å². The smallest absolute Gasteiger partial charge is 0.197 e. The van der Waals surface area contributed by atoms with Crippen molar-refractivity contribution in [2.24, 2.45) is 5.73 Å². The topological polar surface area (TPSA) is 55.5 Å². The number of rotatable bonds is 3. The minimum absolute atomic E-state index is 0.0771. The van der Waals surface area contributed by atoms with E-state index in [1.54, 1.807) is 0 Å². The predicted octanol–water partition coefficient (Wildman–Crippen LogP) is 1.67. The minimum atomic E-state index is -0.908. The molecule has 0 aliphatic heterocycles. The van der Waals surface area contributed by atoms with Crippen LogP contribution in [0.1, 0.15) is 18.4 Å². The highest BCUT2D eigenvalue weighted by Crippen LogP contribution is 2.53. The molecule has 0 unspecified atom stereocenters. The van der Waals surface area contributed by atoms with Crippen LogP contribution >= 0.6 is 0 Å². The van der Waals surface area contributed by atoms with Crippen LogP contribution in [-0.2, 0) is 5.41 Å². The van der Waals surface area contributed by atoms with E-state index in [0.717, 1.165) is 6.07 Å². The Bertz CT molecular complexity index is 430. The fourth-order valence-corrected chi connectivity index (χ4v) is 1.99. The van der Waals surface area contributed by atoms with Crippen molar-refractivity contribution in [3.8, 4) is 11.5 Å². The van der Waals surface area contributed by atoms with Crippen LogP contribution in [0.2, 0.25) is 0 Å². The van der Waals surface area contributed by atoms with Gasteiger partial charge in [-0.1, -0.05) is 0 Å². The summed E-state index contributed by atoms with van der Waals surface area (Å²) in [5.74, 6) is -2.47. The van der Waals surface area contributed by atoms with Gasteiger partial charge in [0.2, 0.25) is 0 Å². The van der Waals surface area contributed by atoms with Crippen LogP contribution in [0.4, 0.5) is 8.78 Å². The summed E-state index contributed by atoms with van der Waals surface area (Å²) >= 11 is 0. The molecule has 88 valence electrons. The molecule has 1 aromatic carbocycles. The van der Waals surface area contributed by atoms with E-state index in [2.05, 4.69) is 0 Å². The Morgan fingerprint density at radius 3 is 2.50 bits per heavy atom. The van der Waals surface area contributed by atoms with Gasteiger partial charge in [0, 0.05) is 23.6 Å². The number of aromatic hydroxyl groups is 1. The molecule has 0 amide bonds. The highest BCUT2D eigenvalue weighted by Gasteiger charge is 2.47. The minimum Gasteiger partial charge on any atom is -0.504 e. The zero-order valence-corrected chi connectivity index (χ0v) is 8.89. The van der Waals surface area contributed by atoms with Crippen molar-refractivity contribution in [3.05, 3.63) is 23.3 Å². The van der Waals surface area contributed by atoms with Crippen molar-refractivity contribution >= 4 is 0 Å². The van der Waals surface area contributed by atoms with Gasteiger partial charge >= 0.3 is 0 Å². The molecule has 5 heteroatoms. The molecule has 1 aliphatic carbocycles. The van der Waals surface area contributed by atoms with E-state index in [4.69, 9.17) is 10.5 Å². The van der Waals surface area contributed by atoms with Crippen LogP contribution < -0.4 is 10.5 Å². The van der Waals surface area contributed by atoms with Crippen LogP contribution in [0.15, 0.2) is 6.07 Å². The SMILES string of the molecule is COc1c(F)cc(F)c(C2(CN)CC2)c1O. The third kappa shape index (κ3) is 1.43. The summed E-state index contributed by atoms with van der Waals surface area (Å²) in [7, 11) is 1.22. The molecule has 2 rings (SSSR count). The first-order valence-corrected chi connectivity index (χ1v) is 5.01. The monoisotopic (exact) mass is 229 g/mol. The maximum atomic E-state index is 13.6. The number of hydrogen-bond donors (Lipinski definition) is 2. The molecule has 1 aromatic rings. The second-order valence-corrected chi connectivity index (χ2v) is 4.08. The lowest BCUT2D eigenvalue weighted by atomic mass is 9.94. The number of nitrogens with two attached hydrogens (primary N) is 1. The fourth-order valence-electron chi connectivity index (χ4n) is 1.99. The molecule has 3 nitrogen and oxygen atoms in total. The van der Waals surface area contributed by atoms with Gasteiger partial charge in [0.25, 0.3) is 0 Å². The maximum Gasteiger partial charge on any atom is 0.197 e. The Balaban J connectivity index is 2.61. The molecule has 0 spiro atoms. The average molecular weight is 229 g/mol. The van der Waals surface area contributed by atoms with Crippen molar-refractivity contribution in [1.82, 2.24) is 0 Å². The average Bonchev–Trinajstić information content (AvgIpc) is 2.98. The van der Waals surface area contributed by atoms with Gasteiger partial charge in [-0.3, -0.25) is 0 Å². The van der Waals surface area contributed by atoms with Crippen molar-refractivity contribution in [1.29, 1.82) is 0 Å². The molecule has 1 aliphatic rings. The zero-order chi connectivity index (χ0) is 11.9. The van der Waals surface area contributed by atoms with E-state index in [1.807, 2.05) is 0 Å². The molecule has 0 radical (unpaired) electrons. The number of phenols is 1. The quantitative estimate of drug-likeness (QED) is 0.828. The van der Waals surface area contributed by atoms with Crippen molar-refractivity contribution in [2.45, 2.75) is 18.3 Å². The Morgan fingerprint density at radius 2 is 2.06 bits per heavy atom. The van der Waals surface area contributed by atoms with E-state index < -0.39 is 22.8 Å². The fraction of sp³-hybridized carbons (Fsp3) is 0.455. The third-order valence-corrected chi connectivity index (χ3v) is 3.14. The molecule has 3 N–H and O–H groups in total. The molecule has 0 heterocycles. The summed E-state index contributed by atoms with van der Waals surface area (Å²) in [6.07, 6.45) is 1.39. The zero-order valence-electron chi connectivity index (χ0n) is 8.89. The number of benzene rings is 1. The standard InChI is InChI=1S/C11H13F2NO2/c1-16-10-7(13)4-6(12)8(9(10)15)11(5-14)2-3-11/h4,15H,2-3,5,14H2,1H3. The third-order valence-electron chi connectivity index (χ3n) is 3.14. The van der Waals surface area contributed by atoms with Crippen molar-refractivity contribution in [3.63, 3.8) is 0 Å². The predicted molar refractivity (Wildman–Crippen MR) is 54.5 cm³/mol. The van der Waals surface area contributed by atoms with Gasteiger partial charge in [-0.2, -0.15) is 0 Å². The van der Waals surface area contributed by atoms with Crippen LogP contribution in [0.3, 0.4) is 0 Å². The van der Waals surface area contributed by atoms with E-state index in [1.165, 1.54) is 7.11 Å². The Labute approximate surface area is 91.8 Å². The summed E-state index contributed by atoms with van der Waals surface area (Å²) in [6, 6.07) is 0.726. The molecule has 16 heavy (non-hydrogen) atoms. The Kier molecular flexibility index (Phi) is 2.50. The summed E-state index contributed by atoms with van der Waals surface area (Å²) in [5.41, 5.74) is 5.09. The first-order chi connectivity index (χ1) is 7.55. The van der Waals surface area contributed by atoms with Crippen LogP contribution in [0, 0.1) is 11.6 Å². The summed E-state index contributed by atoms with van der Waals surface area (Å²) in [5, 5.41) is 9.80. The van der Waals surface area contributed by atoms with Crippen LogP contribution in [0.25, 0.3) is 0 Å². The van der Waals surface area contributed by atoms with E-state index >= 15 is 0 Å². The summed E-state index contributed by atoms with van der Waals surface area (Å²) in [6.45, 7) is 0.228. The van der Waals surface area contributed by atoms with Gasteiger partial charge in [0.15, 0.2) is 17.3 Å². The summed E-state index contributed by atoms with van der Waals surface area (Å²) < 4.78 is 31.6. The van der Waals surface area contributed by atoms with Gasteiger partial charge in [-0.05, 0) is 12.8 Å². The van der Waals surface area contributed by atoms with Crippen LogP contribution in [0.5, 0.6) is 11.5 Å². The lowest BCUT2D eigenvalue weighted by Crippen LogP contribution is -2.21. The number of halogens is 2. The second kappa shape index (κ2) is 3.59. The highest BCUT2D eigenvalue weighted by molar-refractivity contribution is 5.53. The molecule has 0 bridgehead atoms. The van der Waals surface area contributed by atoms with Gasteiger partial charge < -0.3 is 15.6 Å². The van der Waals surface area contributed by atoms with Gasteiger partial charge in [-0.25, -0.2) is 8.78 Å². The van der Waals surface area contributed by atoms with E-state index in [9.17, 15) is 13.9 Å². The molecule has 0 aromatic heterocycles. The maximum absolute atomic E-state index is 13.6. The Morgan fingerprint density at radius 1 is 1.44 bits per heavy atom. The number of methoxy groups -OCH3 is 1. The molecule has 0 atom stereocenters. The molecule has 0 saturated heterocycles. The lowest BCUT2D eigenvalue weighted by Gasteiger charge is -2.17. The molecular formula is C11H13F2NO2. The number of phenolic OH excluding ortho intramolecular Hbond substituents is 1. The van der Waals surface area contributed by atoms with Crippen molar-refractivity contribution < 1.29 is 18.6 Å². The van der Waals surface area contributed by atoms with E-state index in [-0.39, 0.29) is 17.9 Å². The normalized spacial score (nSPS) is 17.2. The largest absolute Gasteiger partial charge is 0.504 e. The summed E-state index contributed by atoms with van der Waals surface area (Å²) in [4.78, 5) is 0. The second-order valence-electron chi connectivity index (χ2n) is 4.08. The van der Waals surface area contributed by atoms with Crippen LogP contribution in [-0.4, -0.2) is 18.8 Å². The molecular weight excluding hydrogens is 216 g/mol. The van der Waals surface area contributed by atoms with Gasteiger partial charge in [0.1, 0.15) is 5.82 Å². The molecule has 1 saturated carbocycles. The number of hydrogen-bond acceptors (Lipinski definition) is 3. The number of ether oxygens (including phenoxy) is 1. The lowest BCUT2D eigenvalue weighted by molar-refractivity contribution is 0.340. The Hall–Kier alpha value is -1.36. The van der Waals surface area contributed by atoms with Crippen molar-refractivity contribution in [2.75, 3.05) is 13.7 Å². The van der Waals surface area contributed by atoms with Gasteiger partial charge in [-0.15, -0.1) is 0 Å². The first-order valence-electron chi connectivity index (χ1n) is 5.01.